The molecule has 2 rings (SSSR count). The van der Waals surface area contributed by atoms with E-state index in [-0.39, 0.29) is 18.0 Å². The molecule has 0 radical (unpaired) electrons. The Bertz CT molecular complexity index is 660. The molecule has 2 N–H and O–H groups in total. The third-order valence-electron chi connectivity index (χ3n) is 3.12. The largest absolute Gasteiger partial charge is 0.389 e. The van der Waals surface area contributed by atoms with Crippen LogP contribution < -0.4 is 5.32 Å². The molecule has 1 aromatic heterocycles. The van der Waals surface area contributed by atoms with Crippen LogP contribution in [-0.4, -0.2) is 32.9 Å². The Kier molecular flexibility index (Phi) is 3.80. The first kappa shape index (κ1) is 15.5. The molecule has 1 amide bonds. The number of carbonyl (C=O) groups excluding carboxylic acids is 1. The van der Waals surface area contributed by atoms with E-state index in [0.717, 1.165) is 10.9 Å². The number of aliphatic hydroxyl groups is 1. The lowest BCUT2D eigenvalue weighted by molar-refractivity contribution is 0.0692. The van der Waals surface area contributed by atoms with Gasteiger partial charge in [0.2, 0.25) is 0 Å². The van der Waals surface area contributed by atoms with Crippen LogP contribution in [0.15, 0.2) is 24.3 Å². The van der Waals surface area contributed by atoms with Crippen LogP contribution in [0.3, 0.4) is 0 Å². The van der Waals surface area contributed by atoms with E-state index in [9.17, 15) is 9.90 Å². The van der Waals surface area contributed by atoms with Crippen LogP contribution in [0.25, 0.3) is 10.9 Å². The molecule has 0 aliphatic carbocycles. The number of rotatable bonds is 3. The monoisotopic (exact) mass is 289 g/mol. The van der Waals surface area contributed by atoms with Gasteiger partial charge in [0.15, 0.2) is 5.69 Å². The van der Waals surface area contributed by atoms with Gasteiger partial charge in [-0.1, -0.05) is 18.2 Å². The Labute approximate surface area is 125 Å². The molecule has 0 aliphatic heterocycles. The highest BCUT2D eigenvalue weighted by atomic mass is 16.3. The first-order valence-electron chi connectivity index (χ1n) is 7.08. The van der Waals surface area contributed by atoms with Crippen molar-refractivity contribution in [2.24, 2.45) is 0 Å². The number of hydrogen-bond acceptors (Lipinski definition) is 3. The number of aromatic nitrogens is 2. The van der Waals surface area contributed by atoms with Crippen LogP contribution >= 0.6 is 0 Å². The molecule has 0 aliphatic rings. The second-order valence-electron chi connectivity index (χ2n) is 6.94. The summed E-state index contributed by atoms with van der Waals surface area (Å²) in [4.78, 5) is 12.3. The summed E-state index contributed by atoms with van der Waals surface area (Å²) in [7, 11) is 0. The van der Waals surface area contributed by atoms with Gasteiger partial charge in [-0.25, -0.2) is 0 Å². The number of nitrogens with zero attached hydrogens (tertiary/aromatic N) is 2. The number of para-hydroxylation sites is 1. The Morgan fingerprint density at radius 3 is 2.43 bits per heavy atom. The van der Waals surface area contributed by atoms with Crippen molar-refractivity contribution in [3.63, 3.8) is 0 Å². The van der Waals surface area contributed by atoms with Crippen molar-refractivity contribution in [1.29, 1.82) is 0 Å². The zero-order valence-corrected chi connectivity index (χ0v) is 13.3. The Morgan fingerprint density at radius 1 is 1.24 bits per heavy atom. The number of amides is 1. The van der Waals surface area contributed by atoms with Crippen LogP contribution in [0.5, 0.6) is 0 Å². The van der Waals surface area contributed by atoms with E-state index in [0.29, 0.717) is 5.69 Å². The average molecular weight is 289 g/mol. The van der Waals surface area contributed by atoms with Crippen LogP contribution in [0, 0.1) is 0 Å². The van der Waals surface area contributed by atoms with Gasteiger partial charge in [0.05, 0.1) is 16.7 Å². The Morgan fingerprint density at radius 2 is 1.86 bits per heavy atom. The summed E-state index contributed by atoms with van der Waals surface area (Å²) in [5.41, 5.74) is 0.162. The van der Waals surface area contributed by atoms with Crippen molar-refractivity contribution < 1.29 is 9.90 Å². The molecule has 0 saturated carbocycles. The minimum absolute atomic E-state index is 0.183. The van der Waals surface area contributed by atoms with Gasteiger partial charge in [0, 0.05) is 11.9 Å². The van der Waals surface area contributed by atoms with Gasteiger partial charge >= 0.3 is 0 Å². The van der Waals surface area contributed by atoms with E-state index in [1.807, 2.05) is 49.7 Å². The summed E-state index contributed by atoms with van der Waals surface area (Å²) in [5, 5.41) is 17.8. The maximum atomic E-state index is 12.3. The smallest absolute Gasteiger partial charge is 0.272 e. The fourth-order valence-electron chi connectivity index (χ4n) is 2.13. The number of hydrogen-bond donors (Lipinski definition) is 2. The highest BCUT2D eigenvalue weighted by molar-refractivity contribution is 6.04. The average Bonchev–Trinajstić information content (AvgIpc) is 2.74. The van der Waals surface area contributed by atoms with E-state index in [4.69, 9.17) is 0 Å². The third kappa shape index (κ3) is 3.42. The van der Waals surface area contributed by atoms with Gasteiger partial charge in [0.25, 0.3) is 5.91 Å². The molecule has 2 aromatic rings. The fraction of sp³-hybridized carbons (Fsp3) is 0.500. The van der Waals surface area contributed by atoms with Crippen molar-refractivity contribution in [3.8, 4) is 0 Å². The molecule has 0 spiro atoms. The minimum atomic E-state index is -0.946. The maximum Gasteiger partial charge on any atom is 0.272 e. The van der Waals surface area contributed by atoms with Gasteiger partial charge in [-0.3, -0.25) is 9.48 Å². The van der Waals surface area contributed by atoms with Crippen LogP contribution in [-0.2, 0) is 5.54 Å². The molecule has 1 heterocycles. The topological polar surface area (TPSA) is 67.2 Å². The first-order chi connectivity index (χ1) is 9.59. The van der Waals surface area contributed by atoms with Crippen LogP contribution in [0.4, 0.5) is 0 Å². The second kappa shape index (κ2) is 5.15. The predicted molar refractivity (Wildman–Crippen MR) is 83.4 cm³/mol. The molecular formula is C16H23N3O2. The molecule has 5 heteroatoms. The molecule has 114 valence electrons. The SMILES string of the molecule is CC(C)(O)CNC(=O)c1nn(C(C)(C)C)c2ccccc12. The van der Waals surface area contributed by atoms with Gasteiger partial charge in [-0.2, -0.15) is 5.10 Å². The molecule has 0 saturated heterocycles. The van der Waals surface area contributed by atoms with Gasteiger partial charge in [0.1, 0.15) is 0 Å². The van der Waals surface area contributed by atoms with E-state index < -0.39 is 5.60 Å². The van der Waals surface area contributed by atoms with Crippen molar-refractivity contribution >= 4 is 16.8 Å². The second-order valence-corrected chi connectivity index (χ2v) is 6.94. The third-order valence-corrected chi connectivity index (χ3v) is 3.12. The summed E-state index contributed by atoms with van der Waals surface area (Å²) >= 11 is 0. The molecular weight excluding hydrogens is 266 g/mol. The highest BCUT2D eigenvalue weighted by Crippen LogP contribution is 2.24. The number of nitrogens with one attached hydrogen (secondary N) is 1. The van der Waals surface area contributed by atoms with Crippen molar-refractivity contribution in [2.45, 2.75) is 45.8 Å². The van der Waals surface area contributed by atoms with Gasteiger partial charge in [-0.15, -0.1) is 0 Å². The molecule has 0 atom stereocenters. The first-order valence-corrected chi connectivity index (χ1v) is 7.08. The van der Waals surface area contributed by atoms with Gasteiger partial charge in [-0.05, 0) is 40.7 Å². The van der Waals surface area contributed by atoms with E-state index >= 15 is 0 Å². The van der Waals surface area contributed by atoms with Crippen molar-refractivity contribution in [2.75, 3.05) is 6.54 Å². The summed E-state index contributed by atoms with van der Waals surface area (Å²) in [6.07, 6.45) is 0. The molecule has 5 nitrogen and oxygen atoms in total. The van der Waals surface area contributed by atoms with Crippen LogP contribution in [0.1, 0.15) is 45.1 Å². The Balaban J connectivity index is 2.43. The van der Waals surface area contributed by atoms with E-state index in [1.54, 1.807) is 13.8 Å². The number of carbonyl (C=O) groups is 1. The lowest BCUT2D eigenvalue weighted by atomic mass is 10.1. The van der Waals surface area contributed by atoms with Crippen LogP contribution in [0.2, 0.25) is 0 Å². The molecule has 0 bridgehead atoms. The maximum absolute atomic E-state index is 12.3. The van der Waals surface area contributed by atoms with E-state index in [1.165, 1.54) is 0 Å². The number of benzene rings is 1. The molecule has 0 fully saturated rings. The predicted octanol–water partition coefficient (Wildman–Crippen LogP) is 2.29. The number of fused-ring (bicyclic) bond motifs is 1. The van der Waals surface area contributed by atoms with Crippen molar-refractivity contribution in [3.05, 3.63) is 30.0 Å². The Hall–Kier alpha value is -1.88. The van der Waals surface area contributed by atoms with Gasteiger partial charge < -0.3 is 10.4 Å². The zero-order chi connectivity index (χ0) is 15.8. The van der Waals surface area contributed by atoms with Crippen molar-refractivity contribution in [1.82, 2.24) is 15.1 Å². The summed E-state index contributed by atoms with van der Waals surface area (Å²) in [5.74, 6) is -0.267. The minimum Gasteiger partial charge on any atom is -0.389 e. The summed E-state index contributed by atoms with van der Waals surface area (Å²) in [6.45, 7) is 9.63. The normalized spacial score (nSPS) is 12.7. The lowest BCUT2D eigenvalue weighted by Gasteiger charge is -2.20. The molecule has 0 unspecified atom stereocenters. The zero-order valence-electron chi connectivity index (χ0n) is 13.3. The standard InChI is InChI=1S/C16H23N3O2/c1-15(2,3)19-12-9-7-6-8-11(12)13(18-19)14(20)17-10-16(4,5)21/h6-9,21H,10H2,1-5H3,(H,17,20). The lowest BCUT2D eigenvalue weighted by Crippen LogP contribution is -2.38. The summed E-state index contributed by atoms with van der Waals surface area (Å²) in [6, 6.07) is 7.68. The highest BCUT2D eigenvalue weighted by Gasteiger charge is 2.24. The molecule has 21 heavy (non-hydrogen) atoms. The quantitative estimate of drug-likeness (QED) is 0.911. The molecule has 1 aromatic carbocycles. The fourth-order valence-corrected chi connectivity index (χ4v) is 2.13. The summed E-state index contributed by atoms with van der Waals surface area (Å²) < 4.78 is 1.86. The van der Waals surface area contributed by atoms with E-state index in [2.05, 4.69) is 10.4 Å².